The standard InChI is InChI=1S/C21H18N4O3S/c1-12(26)14-7-9-15(10-8-14)23-19(27)13(2)29-21-25-24-20(28-21)17-11-22-18-6-4-3-5-16(17)18/h3-11,13,22H,1-2H3,(H,23,27). The van der Waals surface area contributed by atoms with Gasteiger partial charge < -0.3 is 14.7 Å². The van der Waals surface area contributed by atoms with E-state index in [1.807, 2.05) is 30.5 Å². The zero-order valence-electron chi connectivity index (χ0n) is 15.8. The van der Waals surface area contributed by atoms with Crippen molar-refractivity contribution in [3.8, 4) is 11.5 Å². The van der Waals surface area contributed by atoms with E-state index in [9.17, 15) is 9.59 Å². The predicted octanol–water partition coefficient (Wildman–Crippen LogP) is 4.54. The summed E-state index contributed by atoms with van der Waals surface area (Å²) in [7, 11) is 0. The molecular weight excluding hydrogens is 388 g/mol. The minimum absolute atomic E-state index is 0.0193. The van der Waals surface area contributed by atoms with Crippen molar-refractivity contribution in [2.45, 2.75) is 24.3 Å². The lowest BCUT2D eigenvalue weighted by atomic mass is 10.1. The van der Waals surface area contributed by atoms with E-state index < -0.39 is 5.25 Å². The van der Waals surface area contributed by atoms with Crippen LogP contribution in [0.3, 0.4) is 0 Å². The van der Waals surface area contributed by atoms with Gasteiger partial charge in [-0.15, -0.1) is 10.2 Å². The second-order valence-electron chi connectivity index (χ2n) is 6.50. The quantitative estimate of drug-likeness (QED) is 0.360. The van der Waals surface area contributed by atoms with Gasteiger partial charge in [0.1, 0.15) is 0 Å². The van der Waals surface area contributed by atoms with Crippen LogP contribution in [0.4, 0.5) is 5.69 Å². The Kier molecular flexibility index (Phi) is 5.18. The first-order valence-electron chi connectivity index (χ1n) is 9.00. The van der Waals surface area contributed by atoms with Gasteiger partial charge in [0.2, 0.25) is 5.91 Å². The zero-order chi connectivity index (χ0) is 20.4. The highest BCUT2D eigenvalue weighted by Crippen LogP contribution is 2.31. The average molecular weight is 406 g/mol. The smallest absolute Gasteiger partial charge is 0.277 e. The summed E-state index contributed by atoms with van der Waals surface area (Å²) in [5.74, 6) is 0.184. The molecule has 0 radical (unpaired) electrons. The van der Waals surface area contributed by atoms with Gasteiger partial charge in [0.25, 0.3) is 11.1 Å². The summed E-state index contributed by atoms with van der Waals surface area (Å²) in [6.07, 6.45) is 1.83. The largest absolute Gasteiger partial charge is 0.411 e. The van der Waals surface area contributed by atoms with Gasteiger partial charge >= 0.3 is 0 Å². The Morgan fingerprint density at radius 1 is 1.10 bits per heavy atom. The number of benzene rings is 2. The van der Waals surface area contributed by atoms with Crippen molar-refractivity contribution < 1.29 is 14.0 Å². The first-order valence-corrected chi connectivity index (χ1v) is 9.88. The number of hydrogen-bond donors (Lipinski definition) is 2. The van der Waals surface area contributed by atoms with Crippen LogP contribution in [0.2, 0.25) is 0 Å². The van der Waals surface area contributed by atoms with Crippen molar-refractivity contribution in [1.29, 1.82) is 0 Å². The molecule has 4 aromatic rings. The number of nitrogens with one attached hydrogen (secondary N) is 2. The number of thioether (sulfide) groups is 1. The van der Waals surface area contributed by atoms with Crippen LogP contribution in [-0.2, 0) is 4.79 Å². The van der Waals surface area contributed by atoms with Crippen LogP contribution in [0.25, 0.3) is 22.4 Å². The molecule has 0 saturated heterocycles. The van der Waals surface area contributed by atoms with Gasteiger partial charge in [0.15, 0.2) is 5.78 Å². The summed E-state index contributed by atoms with van der Waals surface area (Å²) in [6.45, 7) is 3.26. The van der Waals surface area contributed by atoms with Gasteiger partial charge in [0, 0.05) is 28.4 Å². The van der Waals surface area contributed by atoms with Crippen molar-refractivity contribution in [3.05, 3.63) is 60.3 Å². The van der Waals surface area contributed by atoms with Gasteiger partial charge in [0.05, 0.1) is 10.8 Å². The van der Waals surface area contributed by atoms with E-state index in [4.69, 9.17) is 4.42 Å². The number of H-pyrrole nitrogens is 1. The minimum atomic E-state index is -0.446. The van der Waals surface area contributed by atoms with E-state index in [1.54, 1.807) is 31.2 Å². The molecule has 1 atom stereocenters. The molecule has 0 spiro atoms. The molecule has 2 aromatic carbocycles. The molecule has 8 heteroatoms. The molecule has 7 nitrogen and oxygen atoms in total. The van der Waals surface area contributed by atoms with Crippen molar-refractivity contribution in [1.82, 2.24) is 15.2 Å². The lowest BCUT2D eigenvalue weighted by Crippen LogP contribution is -2.22. The molecule has 0 saturated carbocycles. The summed E-state index contributed by atoms with van der Waals surface area (Å²) in [6, 6.07) is 14.6. The molecule has 1 unspecified atom stereocenters. The third kappa shape index (κ3) is 4.07. The number of hydrogen-bond acceptors (Lipinski definition) is 6. The first-order chi connectivity index (χ1) is 14.0. The maximum Gasteiger partial charge on any atom is 0.277 e. The number of amides is 1. The molecule has 0 aliphatic rings. The number of para-hydroxylation sites is 1. The number of aromatic nitrogens is 3. The van der Waals surface area contributed by atoms with Crippen LogP contribution in [0.1, 0.15) is 24.2 Å². The summed E-state index contributed by atoms with van der Waals surface area (Å²) >= 11 is 1.19. The van der Waals surface area contributed by atoms with Gasteiger partial charge in [-0.2, -0.15) is 0 Å². The van der Waals surface area contributed by atoms with Crippen molar-refractivity contribution >= 4 is 40.0 Å². The molecule has 0 bridgehead atoms. The molecule has 2 N–H and O–H groups in total. The Morgan fingerprint density at radius 3 is 2.62 bits per heavy atom. The molecule has 1 amide bonds. The number of aromatic amines is 1. The molecule has 2 heterocycles. The van der Waals surface area contributed by atoms with E-state index in [0.29, 0.717) is 22.4 Å². The van der Waals surface area contributed by atoms with Crippen molar-refractivity contribution in [2.24, 2.45) is 0 Å². The molecular formula is C21H18N4O3S. The van der Waals surface area contributed by atoms with E-state index in [-0.39, 0.29) is 11.7 Å². The minimum Gasteiger partial charge on any atom is -0.411 e. The van der Waals surface area contributed by atoms with Gasteiger partial charge in [-0.3, -0.25) is 9.59 Å². The number of nitrogens with zero attached hydrogens (tertiary/aromatic N) is 2. The van der Waals surface area contributed by atoms with Crippen LogP contribution < -0.4 is 5.32 Å². The second kappa shape index (κ2) is 7.92. The number of anilines is 1. The SMILES string of the molecule is CC(=O)c1ccc(NC(=O)C(C)Sc2nnc(-c3c[nH]c4ccccc34)o2)cc1. The van der Waals surface area contributed by atoms with Gasteiger partial charge in [-0.25, -0.2) is 0 Å². The summed E-state index contributed by atoms with van der Waals surface area (Å²) in [5, 5.41) is 11.9. The Balaban J connectivity index is 1.42. The lowest BCUT2D eigenvalue weighted by molar-refractivity contribution is -0.115. The fourth-order valence-corrected chi connectivity index (χ4v) is 3.54. The second-order valence-corrected chi connectivity index (χ2v) is 7.80. The number of ketones is 1. The van der Waals surface area contributed by atoms with Crippen LogP contribution in [0, 0.1) is 0 Å². The Labute approximate surface area is 170 Å². The van der Waals surface area contributed by atoms with Crippen molar-refractivity contribution in [2.75, 3.05) is 5.32 Å². The number of carbonyl (C=O) groups excluding carboxylic acids is 2. The van der Waals surface area contributed by atoms with E-state index in [1.165, 1.54) is 18.7 Å². The lowest BCUT2D eigenvalue weighted by Gasteiger charge is -2.10. The Hall–Kier alpha value is -3.39. The fourth-order valence-electron chi connectivity index (χ4n) is 2.85. The molecule has 0 aliphatic carbocycles. The normalized spacial score (nSPS) is 12.1. The first kappa shape index (κ1) is 18.9. The van der Waals surface area contributed by atoms with Gasteiger partial charge in [-0.05, 0) is 44.2 Å². The predicted molar refractivity (Wildman–Crippen MR) is 112 cm³/mol. The number of carbonyl (C=O) groups is 2. The topological polar surface area (TPSA) is 101 Å². The van der Waals surface area contributed by atoms with E-state index in [2.05, 4.69) is 20.5 Å². The Morgan fingerprint density at radius 2 is 1.86 bits per heavy atom. The highest BCUT2D eigenvalue weighted by Gasteiger charge is 2.20. The third-order valence-corrected chi connectivity index (χ3v) is 5.37. The molecule has 2 aromatic heterocycles. The van der Waals surface area contributed by atoms with E-state index in [0.717, 1.165) is 16.5 Å². The zero-order valence-corrected chi connectivity index (χ0v) is 16.6. The molecule has 0 aliphatic heterocycles. The molecule has 29 heavy (non-hydrogen) atoms. The van der Waals surface area contributed by atoms with E-state index >= 15 is 0 Å². The number of fused-ring (bicyclic) bond motifs is 1. The average Bonchev–Trinajstić information content (AvgIpc) is 3.35. The van der Waals surface area contributed by atoms with Crippen LogP contribution in [-0.4, -0.2) is 32.1 Å². The monoisotopic (exact) mass is 406 g/mol. The van der Waals surface area contributed by atoms with Crippen LogP contribution in [0.15, 0.2) is 64.4 Å². The highest BCUT2D eigenvalue weighted by atomic mass is 32.2. The molecule has 4 rings (SSSR count). The summed E-state index contributed by atoms with van der Waals surface area (Å²) < 4.78 is 5.75. The van der Waals surface area contributed by atoms with Crippen LogP contribution in [0.5, 0.6) is 0 Å². The van der Waals surface area contributed by atoms with Gasteiger partial charge in [-0.1, -0.05) is 30.0 Å². The molecule has 0 fully saturated rings. The maximum atomic E-state index is 12.5. The number of Topliss-reactive ketones (excluding diaryl/α,β-unsaturated/α-hetero) is 1. The fraction of sp³-hybridized carbons (Fsp3) is 0.143. The number of rotatable bonds is 6. The maximum absolute atomic E-state index is 12.5. The summed E-state index contributed by atoms with van der Waals surface area (Å²) in [5.41, 5.74) is 3.03. The molecule has 146 valence electrons. The third-order valence-electron chi connectivity index (χ3n) is 4.43. The highest BCUT2D eigenvalue weighted by molar-refractivity contribution is 8.00. The summed E-state index contributed by atoms with van der Waals surface area (Å²) in [4.78, 5) is 27.0. The van der Waals surface area contributed by atoms with Crippen LogP contribution >= 0.6 is 11.8 Å². The van der Waals surface area contributed by atoms with Crippen molar-refractivity contribution in [3.63, 3.8) is 0 Å². The Bertz CT molecular complexity index is 1180.